The van der Waals surface area contributed by atoms with Crippen molar-refractivity contribution in [1.29, 1.82) is 0 Å². The summed E-state index contributed by atoms with van der Waals surface area (Å²) in [6.45, 7) is 2.29. The molecule has 0 heterocycles. The largest absolute Gasteiger partial charge is 0.790 e. The third-order valence-corrected chi connectivity index (χ3v) is 4.25. The van der Waals surface area contributed by atoms with E-state index in [4.69, 9.17) is 0 Å². The Morgan fingerprint density at radius 2 is 0.920 bits per heavy atom. The van der Waals surface area contributed by atoms with Gasteiger partial charge in [0.25, 0.3) is 0 Å². The first-order chi connectivity index (χ1) is 12.1. The number of quaternary nitrogens is 2. The Hall–Kier alpha value is 0.0300. The van der Waals surface area contributed by atoms with Crippen molar-refractivity contribution in [3.8, 4) is 0 Å². The zero-order valence-corrected chi connectivity index (χ0v) is 18.0. The summed E-state index contributed by atoms with van der Waals surface area (Å²) in [6, 6.07) is 0. The maximum absolute atomic E-state index is 10.2. The Balaban J connectivity index is -0.00000112. The molecule has 0 radical (unpaired) electrons. The Bertz CT molecular complexity index is 263. The molecule has 0 aliphatic carbocycles. The molecule has 156 valence electrons. The van der Waals surface area contributed by atoms with E-state index < -0.39 is 7.82 Å². The third kappa shape index (κ3) is 35.9. The Labute approximate surface area is 156 Å². The van der Waals surface area contributed by atoms with Crippen LogP contribution in [0.1, 0.15) is 96.8 Å². The fourth-order valence-corrected chi connectivity index (χ4v) is 2.83. The van der Waals surface area contributed by atoms with Gasteiger partial charge >= 0.3 is 0 Å². The molecule has 0 rings (SSSR count). The van der Waals surface area contributed by atoms with Gasteiger partial charge in [0.2, 0.25) is 0 Å². The molecule has 0 spiro atoms. The van der Waals surface area contributed by atoms with Gasteiger partial charge in [0, 0.05) is 0 Å². The molecule has 0 aromatic heterocycles. The number of hydrogen-bond donors (Lipinski definition) is 2. The predicted octanol–water partition coefficient (Wildman–Crippen LogP) is 2.03. The SMILES string of the molecule is CCCCCCCCCCCCCCCCOP(=O)([O-])[O-].C[NH3+].C[NH3+]. The highest BCUT2D eigenvalue weighted by atomic mass is 31.2. The maximum Gasteiger partial charge on any atom is 0.0634 e. The zero-order chi connectivity index (χ0) is 19.8. The lowest BCUT2D eigenvalue weighted by Crippen LogP contribution is -2.40. The van der Waals surface area contributed by atoms with Crippen molar-refractivity contribution in [2.24, 2.45) is 0 Å². The Morgan fingerprint density at radius 1 is 0.640 bits per heavy atom. The minimum Gasteiger partial charge on any atom is -0.790 e. The molecular weight excluding hydrogens is 339 g/mol. The standard InChI is InChI=1S/C16H35O4P.2CH5N/c1-2-3-4-5-6-7-8-9-10-11-12-13-14-15-16-20-21(17,18)19;2*1-2/h2-16H2,1H3,(H2,17,18,19);2*2H2,1H3. The molecule has 0 amide bonds. The van der Waals surface area contributed by atoms with Crippen LogP contribution < -0.4 is 21.3 Å². The monoisotopic (exact) mass is 384 g/mol. The summed E-state index contributed by atoms with van der Waals surface area (Å²) in [5, 5.41) is 0. The summed E-state index contributed by atoms with van der Waals surface area (Å²) in [6.07, 6.45) is 17.4. The number of phosphoric acid groups is 1. The lowest BCUT2D eigenvalue weighted by atomic mass is 10.0. The number of hydrogen-bond acceptors (Lipinski definition) is 4. The van der Waals surface area contributed by atoms with E-state index in [2.05, 4.69) is 22.9 Å². The average molecular weight is 385 g/mol. The minimum absolute atomic E-state index is 0.0440. The summed E-state index contributed by atoms with van der Waals surface area (Å²) >= 11 is 0. The van der Waals surface area contributed by atoms with Crippen molar-refractivity contribution in [3.05, 3.63) is 0 Å². The second-order valence-electron chi connectivity index (χ2n) is 5.88. The van der Waals surface area contributed by atoms with Gasteiger partial charge in [0.1, 0.15) is 0 Å². The van der Waals surface area contributed by atoms with Crippen molar-refractivity contribution in [1.82, 2.24) is 0 Å². The fraction of sp³-hybridized carbons (Fsp3) is 1.00. The van der Waals surface area contributed by atoms with Gasteiger partial charge in [0.15, 0.2) is 0 Å². The van der Waals surface area contributed by atoms with Gasteiger partial charge in [-0.2, -0.15) is 0 Å². The van der Waals surface area contributed by atoms with Gasteiger partial charge in [-0.25, -0.2) is 0 Å². The van der Waals surface area contributed by atoms with E-state index in [0.29, 0.717) is 6.42 Å². The zero-order valence-electron chi connectivity index (χ0n) is 17.1. The van der Waals surface area contributed by atoms with Gasteiger partial charge < -0.3 is 30.3 Å². The molecule has 0 aromatic rings. The Kier molecular flexibility index (Phi) is 31.3. The summed E-state index contributed by atoms with van der Waals surface area (Å²) in [4.78, 5) is 20.4. The number of unbranched alkanes of at least 4 members (excludes halogenated alkanes) is 13. The van der Waals surface area contributed by atoms with Gasteiger partial charge in [-0.1, -0.05) is 90.4 Å². The van der Waals surface area contributed by atoms with E-state index in [1.807, 2.05) is 0 Å². The number of phosphoric ester groups is 1. The van der Waals surface area contributed by atoms with Crippen molar-refractivity contribution < 1.29 is 30.3 Å². The first kappa shape index (κ1) is 29.8. The first-order valence-corrected chi connectivity index (χ1v) is 11.6. The van der Waals surface area contributed by atoms with Crippen LogP contribution in [0.4, 0.5) is 0 Å². The third-order valence-electron chi connectivity index (χ3n) is 3.75. The molecule has 0 aromatic carbocycles. The van der Waals surface area contributed by atoms with Gasteiger partial charge in [-0.15, -0.1) is 0 Å². The smallest absolute Gasteiger partial charge is 0.0634 e. The van der Waals surface area contributed by atoms with Crippen LogP contribution in [0.2, 0.25) is 0 Å². The molecule has 7 heteroatoms. The molecule has 0 saturated carbocycles. The average Bonchev–Trinajstić information content (AvgIpc) is 2.61. The van der Waals surface area contributed by atoms with E-state index >= 15 is 0 Å². The second kappa shape index (κ2) is 26.3. The highest BCUT2D eigenvalue weighted by Crippen LogP contribution is 2.24. The molecule has 0 unspecified atom stereocenters. The molecule has 0 fully saturated rings. The highest BCUT2D eigenvalue weighted by Gasteiger charge is 1.95. The molecule has 0 aliphatic rings. The van der Waals surface area contributed by atoms with E-state index in [0.717, 1.165) is 12.8 Å². The summed E-state index contributed by atoms with van der Waals surface area (Å²) in [5.74, 6) is 0. The molecule has 6 N–H and O–H groups in total. The van der Waals surface area contributed by atoms with Crippen LogP contribution in [0.5, 0.6) is 0 Å². The topological polar surface area (TPSA) is 128 Å². The second-order valence-corrected chi connectivity index (χ2v) is 7.03. The molecule has 0 saturated heterocycles. The van der Waals surface area contributed by atoms with E-state index in [1.165, 1.54) is 70.6 Å². The summed E-state index contributed by atoms with van der Waals surface area (Å²) in [7, 11) is -1.25. The van der Waals surface area contributed by atoms with Crippen LogP contribution in [0, 0.1) is 0 Å². The molecule has 0 atom stereocenters. The van der Waals surface area contributed by atoms with Crippen molar-refractivity contribution in [3.63, 3.8) is 0 Å². The fourth-order valence-electron chi connectivity index (χ4n) is 2.47. The Morgan fingerprint density at radius 3 is 1.20 bits per heavy atom. The molecule has 0 aliphatic heterocycles. The number of rotatable bonds is 16. The van der Waals surface area contributed by atoms with Crippen molar-refractivity contribution >= 4 is 7.82 Å². The van der Waals surface area contributed by atoms with Crippen LogP contribution in [-0.4, -0.2) is 20.7 Å². The highest BCUT2D eigenvalue weighted by molar-refractivity contribution is 7.43. The van der Waals surface area contributed by atoms with Crippen LogP contribution in [0.3, 0.4) is 0 Å². The lowest BCUT2D eigenvalue weighted by molar-refractivity contribution is -0.341. The van der Waals surface area contributed by atoms with E-state index in [-0.39, 0.29) is 6.61 Å². The maximum atomic E-state index is 10.2. The van der Waals surface area contributed by atoms with E-state index in [9.17, 15) is 14.4 Å². The molecule has 6 nitrogen and oxygen atoms in total. The molecule has 0 bridgehead atoms. The van der Waals surface area contributed by atoms with Crippen molar-refractivity contribution in [2.75, 3.05) is 20.7 Å². The summed E-state index contributed by atoms with van der Waals surface area (Å²) < 4.78 is 14.4. The first-order valence-electron chi connectivity index (χ1n) is 10.1. The normalized spacial score (nSPS) is 10.5. The van der Waals surface area contributed by atoms with Gasteiger partial charge in [-0.05, 0) is 6.42 Å². The quantitative estimate of drug-likeness (QED) is 0.312. The van der Waals surface area contributed by atoms with Crippen LogP contribution in [0.15, 0.2) is 0 Å². The molecular formula is C18H45N2O4P. The van der Waals surface area contributed by atoms with Gasteiger partial charge in [0.05, 0.1) is 28.5 Å². The molecule has 25 heavy (non-hydrogen) atoms. The van der Waals surface area contributed by atoms with Crippen LogP contribution >= 0.6 is 7.82 Å². The van der Waals surface area contributed by atoms with Crippen molar-refractivity contribution in [2.45, 2.75) is 96.8 Å². The van der Waals surface area contributed by atoms with Crippen LogP contribution in [0.25, 0.3) is 0 Å². The minimum atomic E-state index is -4.75. The lowest BCUT2D eigenvalue weighted by Gasteiger charge is -2.28. The predicted molar refractivity (Wildman–Crippen MR) is 101 cm³/mol. The van der Waals surface area contributed by atoms with Gasteiger partial charge in [-0.3, -0.25) is 0 Å². The summed E-state index contributed by atoms with van der Waals surface area (Å²) in [5.41, 5.74) is 6.50. The van der Waals surface area contributed by atoms with E-state index in [1.54, 1.807) is 14.1 Å². The van der Waals surface area contributed by atoms with Crippen LogP contribution in [-0.2, 0) is 9.09 Å².